The molecule has 0 saturated carbocycles. The minimum absolute atomic E-state index is 0.173. The van der Waals surface area contributed by atoms with Crippen molar-refractivity contribution in [1.82, 2.24) is 0 Å². The van der Waals surface area contributed by atoms with Crippen molar-refractivity contribution in [3.63, 3.8) is 0 Å². The topological polar surface area (TPSA) is 40.5 Å². The van der Waals surface area contributed by atoms with Crippen molar-refractivity contribution >= 4 is 0 Å². The van der Waals surface area contributed by atoms with Crippen LogP contribution in [0.4, 0.5) is 0 Å². The van der Waals surface area contributed by atoms with Gasteiger partial charge >= 0.3 is 0 Å². The molecule has 0 atom stereocenters. The van der Waals surface area contributed by atoms with Gasteiger partial charge in [-0.15, -0.1) is 6.58 Å². The molecule has 0 spiro atoms. The van der Waals surface area contributed by atoms with Crippen LogP contribution in [0.3, 0.4) is 0 Å². The molecule has 0 saturated heterocycles. The smallest absolute Gasteiger partial charge is 0.123 e. The van der Waals surface area contributed by atoms with Crippen molar-refractivity contribution in [2.45, 2.75) is 57.3 Å². The highest BCUT2D eigenvalue weighted by atomic mass is 16.3. The molecule has 4 aromatic carbocycles. The molecule has 0 aromatic heterocycles. The van der Waals surface area contributed by atoms with E-state index in [-0.39, 0.29) is 5.92 Å². The first-order valence-electron chi connectivity index (χ1n) is 13.5. The van der Waals surface area contributed by atoms with E-state index in [0.717, 1.165) is 41.5 Å². The van der Waals surface area contributed by atoms with E-state index in [1.165, 1.54) is 43.2 Å². The summed E-state index contributed by atoms with van der Waals surface area (Å²) in [6, 6.07) is 32.2. The molecule has 0 bridgehead atoms. The van der Waals surface area contributed by atoms with Gasteiger partial charge in [-0.2, -0.15) is 0 Å². The first-order chi connectivity index (χ1) is 18.2. The first kappa shape index (κ1) is 26.3. The molecule has 0 aliphatic rings. The van der Waals surface area contributed by atoms with Crippen LogP contribution in [-0.4, -0.2) is 10.2 Å². The Labute approximate surface area is 222 Å². The summed E-state index contributed by atoms with van der Waals surface area (Å²) >= 11 is 0. The lowest BCUT2D eigenvalue weighted by Crippen LogP contribution is -2.03. The standard InChI is InChI=1S/C35H38O2/c1-2-3-4-5-6-7-8-15-20-31(29-21-23-34(36)32(25-29)27-16-11-9-12-17-27)30-22-24-35(37)33(26-30)28-18-13-10-14-19-28/h2,9-14,16-19,21-26,31,36-37H,1,3-8,15,20H2. The fourth-order valence-corrected chi connectivity index (χ4v) is 5.11. The number of phenolic OH excluding ortho intramolecular Hbond substituents is 2. The Kier molecular flexibility index (Phi) is 9.60. The number of hydrogen-bond acceptors (Lipinski definition) is 2. The summed E-state index contributed by atoms with van der Waals surface area (Å²) in [5.41, 5.74) is 6.10. The third-order valence-electron chi connectivity index (χ3n) is 7.17. The first-order valence-corrected chi connectivity index (χ1v) is 13.5. The molecule has 0 heterocycles. The van der Waals surface area contributed by atoms with Crippen molar-refractivity contribution in [2.75, 3.05) is 0 Å². The van der Waals surface area contributed by atoms with E-state index in [9.17, 15) is 10.2 Å². The van der Waals surface area contributed by atoms with Crippen LogP contribution in [0.1, 0.15) is 68.4 Å². The molecule has 2 heteroatoms. The minimum Gasteiger partial charge on any atom is -0.507 e. The molecule has 0 unspecified atom stereocenters. The average Bonchev–Trinajstić information content (AvgIpc) is 2.94. The lowest BCUT2D eigenvalue weighted by molar-refractivity contribution is 0.476. The van der Waals surface area contributed by atoms with Crippen molar-refractivity contribution in [3.8, 4) is 33.8 Å². The van der Waals surface area contributed by atoms with E-state index in [0.29, 0.717) is 11.5 Å². The van der Waals surface area contributed by atoms with Gasteiger partial charge in [0, 0.05) is 17.0 Å². The van der Waals surface area contributed by atoms with Crippen LogP contribution in [0.25, 0.3) is 22.3 Å². The van der Waals surface area contributed by atoms with Gasteiger partial charge in [-0.05, 0) is 65.8 Å². The summed E-state index contributed by atoms with van der Waals surface area (Å²) < 4.78 is 0. The zero-order valence-electron chi connectivity index (χ0n) is 21.7. The monoisotopic (exact) mass is 490 g/mol. The maximum Gasteiger partial charge on any atom is 0.123 e. The van der Waals surface area contributed by atoms with E-state index < -0.39 is 0 Å². The maximum absolute atomic E-state index is 10.7. The molecular weight excluding hydrogens is 452 g/mol. The molecule has 0 fully saturated rings. The van der Waals surface area contributed by atoms with Crippen LogP contribution in [0.2, 0.25) is 0 Å². The van der Waals surface area contributed by atoms with Crippen LogP contribution >= 0.6 is 0 Å². The molecule has 2 nitrogen and oxygen atoms in total. The van der Waals surface area contributed by atoms with Gasteiger partial charge in [0.15, 0.2) is 0 Å². The Bertz CT molecular complexity index is 1170. The molecule has 0 radical (unpaired) electrons. The van der Waals surface area contributed by atoms with Gasteiger partial charge < -0.3 is 10.2 Å². The van der Waals surface area contributed by atoms with Gasteiger partial charge in [-0.3, -0.25) is 0 Å². The number of rotatable bonds is 13. The predicted octanol–water partition coefficient (Wildman–Crippen LogP) is 9.87. The van der Waals surface area contributed by atoms with Crippen LogP contribution in [0, 0.1) is 0 Å². The fraction of sp³-hybridized carbons (Fsp3) is 0.257. The van der Waals surface area contributed by atoms with E-state index in [1.807, 2.05) is 78.9 Å². The second-order valence-corrected chi connectivity index (χ2v) is 9.83. The second-order valence-electron chi connectivity index (χ2n) is 9.83. The SMILES string of the molecule is C=CCCCCCCCCC(c1ccc(O)c(-c2ccccc2)c1)c1ccc(O)c(-c2ccccc2)c1. The van der Waals surface area contributed by atoms with Gasteiger partial charge in [-0.1, -0.05) is 111 Å². The number of unbranched alkanes of at least 4 members (excludes halogenated alkanes) is 6. The van der Waals surface area contributed by atoms with Crippen molar-refractivity contribution in [1.29, 1.82) is 0 Å². The second kappa shape index (κ2) is 13.5. The van der Waals surface area contributed by atoms with Crippen molar-refractivity contribution in [2.24, 2.45) is 0 Å². The number of aromatic hydroxyl groups is 2. The predicted molar refractivity (Wildman–Crippen MR) is 156 cm³/mol. The summed E-state index contributed by atoms with van der Waals surface area (Å²) in [7, 11) is 0. The summed E-state index contributed by atoms with van der Waals surface area (Å²) in [6.45, 7) is 3.82. The van der Waals surface area contributed by atoms with E-state index in [2.05, 4.69) is 30.8 Å². The van der Waals surface area contributed by atoms with Crippen LogP contribution in [0.5, 0.6) is 11.5 Å². The van der Waals surface area contributed by atoms with E-state index in [1.54, 1.807) is 0 Å². The molecule has 0 amide bonds. The molecule has 37 heavy (non-hydrogen) atoms. The maximum atomic E-state index is 10.7. The molecule has 0 aliphatic carbocycles. The largest absolute Gasteiger partial charge is 0.507 e. The Morgan fingerprint density at radius 2 is 1.03 bits per heavy atom. The van der Waals surface area contributed by atoms with Gasteiger partial charge in [0.25, 0.3) is 0 Å². The lowest BCUT2D eigenvalue weighted by atomic mass is 9.84. The average molecular weight is 491 g/mol. The Morgan fingerprint density at radius 3 is 1.51 bits per heavy atom. The number of allylic oxidation sites excluding steroid dienone is 1. The van der Waals surface area contributed by atoms with Crippen LogP contribution in [0.15, 0.2) is 110 Å². The molecule has 190 valence electrons. The zero-order chi connectivity index (χ0) is 25.9. The minimum atomic E-state index is 0.173. The van der Waals surface area contributed by atoms with Gasteiger partial charge in [-0.25, -0.2) is 0 Å². The van der Waals surface area contributed by atoms with Crippen LogP contribution in [-0.2, 0) is 0 Å². The number of phenols is 2. The molecule has 2 N–H and O–H groups in total. The molecule has 4 aromatic rings. The quantitative estimate of drug-likeness (QED) is 0.145. The number of benzene rings is 4. The fourth-order valence-electron chi connectivity index (χ4n) is 5.11. The Balaban J connectivity index is 1.61. The zero-order valence-corrected chi connectivity index (χ0v) is 21.7. The van der Waals surface area contributed by atoms with E-state index >= 15 is 0 Å². The number of hydrogen-bond donors (Lipinski definition) is 2. The Morgan fingerprint density at radius 1 is 0.568 bits per heavy atom. The van der Waals surface area contributed by atoms with Crippen LogP contribution < -0.4 is 0 Å². The molecular formula is C35H38O2. The normalized spacial score (nSPS) is 11.1. The lowest BCUT2D eigenvalue weighted by Gasteiger charge is -2.21. The third kappa shape index (κ3) is 7.13. The third-order valence-corrected chi connectivity index (χ3v) is 7.17. The highest BCUT2D eigenvalue weighted by Gasteiger charge is 2.18. The van der Waals surface area contributed by atoms with Gasteiger partial charge in [0.1, 0.15) is 11.5 Å². The Hall–Kier alpha value is -3.78. The molecule has 4 rings (SSSR count). The van der Waals surface area contributed by atoms with Gasteiger partial charge in [0.05, 0.1) is 0 Å². The summed E-state index contributed by atoms with van der Waals surface area (Å²) in [4.78, 5) is 0. The van der Waals surface area contributed by atoms with Gasteiger partial charge in [0.2, 0.25) is 0 Å². The van der Waals surface area contributed by atoms with E-state index in [4.69, 9.17) is 0 Å². The van der Waals surface area contributed by atoms with Crippen molar-refractivity contribution < 1.29 is 10.2 Å². The highest BCUT2D eigenvalue weighted by Crippen LogP contribution is 2.39. The summed E-state index contributed by atoms with van der Waals surface area (Å²) in [5.74, 6) is 0.764. The van der Waals surface area contributed by atoms with Crippen molar-refractivity contribution in [3.05, 3.63) is 121 Å². The summed E-state index contributed by atoms with van der Waals surface area (Å²) in [5, 5.41) is 21.3. The highest BCUT2D eigenvalue weighted by molar-refractivity contribution is 5.73. The summed E-state index contributed by atoms with van der Waals surface area (Å²) in [6.07, 6.45) is 11.5. The molecule has 0 aliphatic heterocycles.